The van der Waals surface area contributed by atoms with Crippen LogP contribution < -0.4 is 7.42 Å². The third kappa shape index (κ3) is 6.52. The van der Waals surface area contributed by atoms with Crippen molar-refractivity contribution in [2.24, 2.45) is 0 Å². The molecule has 0 unspecified atom stereocenters. The molecule has 0 saturated carbocycles. The minimum atomic E-state index is 0.229. The standard InChI is InChI=1S/C11H20ClN5S4/c1-5-18-16(19-6-2)10-13-9(12)14-11(15-10)17(20-7-3)21-8-4/h5-8H2,1-4H3. The number of halogens is 1. The van der Waals surface area contributed by atoms with Crippen LogP contribution in [0.3, 0.4) is 0 Å². The van der Waals surface area contributed by atoms with Gasteiger partial charge >= 0.3 is 0 Å². The van der Waals surface area contributed by atoms with E-state index in [0.29, 0.717) is 11.9 Å². The summed E-state index contributed by atoms with van der Waals surface area (Å²) in [6, 6.07) is 0. The van der Waals surface area contributed by atoms with Crippen LogP contribution in [0, 0.1) is 0 Å². The van der Waals surface area contributed by atoms with Crippen LogP contribution in [0.15, 0.2) is 0 Å². The molecule has 0 aliphatic carbocycles. The van der Waals surface area contributed by atoms with Gasteiger partial charge in [0.15, 0.2) is 0 Å². The van der Waals surface area contributed by atoms with Crippen molar-refractivity contribution in [3.8, 4) is 0 Å². The van der Waals surface area contributed by atoms with Crippen molar-refractivity contribution in [3.63, 3.8) is 0 Å². The molecule has 0 amide bonds. The van der Waals surface area contributed by atoms with Gasteiger partial charge in [-0.15, -0.1) is 0 Å². The maximum Gasteiger partial charge on any atom is 0.252 e. The average Bonchev–Trinajstić information content (AvgIpc) is 2.46. The molecule has 0 bridgehead atoms. The van der Waals surface area contributed by atoms with Crippen LogP contribution >= 0.6 is 59.4 Å². The van der Waals surface area contributed by atoms with Crippen LogP contribution in [-0.2, 0) is 0 Å². The Bertz CT molecular complexity index is 379. The molecule has 10 heteroatoms. The van der Waals surface area contributed by atoms with E-state index >= 15 is 0 Å². The smallest absolute Gasteiger partial charge is 0.225 e. The molecule has 5 nitrogen and oxygen atoms in total. The van der Waals surface area contributed by atoms with E-state index in [9.17, 15) is 0 Å². The van der Waals surface area contributed by atoms with E-state index < -0.39 is 0 Å². The second kappa shape index (κ2) is 10.9. The summed E-state index contributed by atoms with van der Waals surface area (Å²) < 4.78 is 4.00. The minimum Gasteiger partial charge on any atom is -0.225 e. The Hall–Kier alpha value is 0.300. The van der Waals surface area contributed by atoms with E-state index in [1.54, 1.807) is 47.8 Å². The zero-order chi connectivity index (χ0) is 15.7. The zero-order valence-electron chi connectivity index (χ0n) is 12.6. The fourth-order valence-electron chi connectivity index (χ4n) is 1.27. The average molecular weight is 386 g/mol. The molecule has 0 aliphatic heterocycles. The molecular weight excluding hydrogens is 366 g/mol. The topological polar surface area (TPSA) is 45.2 Å². The van der Waals surface area contributed by atoms with Gasteiger partial charge in [-0.3, -0.25) is 0 Å². The molecule has 1 aromatic heterocycles. The molecular formula is C11H20ClN5S4. The Morgan fingerprint density at radius 1 is 0.714 bits per heavy atom. The van der Waals surface area contributed by atoms with E-state index in [0.717, 1.165) is 23.0 Å². The quantitative estimate of drug-likeness (QED) is 0.527. The fourth-order valence-corrected chi connectivity index (χ4v) is 5.01. The first-order valence-corrected chi connectivity index (χ1v) is 10.8. The summed E-state index contributed by atoms with van der Waals surface area (Å²) in [4.78, 5) is 13.1. The molecule has 120 valence electrons. The van der Waals surface area contributed by atoms with Gasteiger partial charge in [-0.25, -0.2) is 7.42 Å². The molecule has 0 aliphatic rings. The summed E-state index contributed by atoms with van der Waals surface area (Å²) in [5.74, 6) is 4.99. The van der Waals surface area contributed by atoms with Crippen molar-refractivity contribution in [1.29, 1.82) is 0 Å². The van der Waals surface area contributed by atoms with Crippen molar-refractivity contribution in [2.45, 2.75) is 27.7 Å². The molecule has 0 N–H and O–H groups in total. The molecule has 0 fully saturated rings. The third-order valence-electron chi connectivity index (χ3n) is 1.90. The highest BCUT2D eigenvalue weighted by Gasteiger charge is 2.17. The molecule has 0 spiro atoms. The first kappa shape index (κ1) is 19.3. The van der Waals surface area contributed by atoms with Crippen LogP contribution in [0.25, 0.3) is 0 Å². The number of anilines is 2. The number of aromatic nitrogens is 3. The Labute approximate surface area is 149 Å². The molecule has 1 heterocycles. The molecule has 0 saturated heterocycles. The summed E-state index contributed by atoms with van der Waals surface area (Å²) >= 11 is 12.7. The second-order valence-corrected chi connectivity index (χ2v) is 8.99. The van der Waals surface area contributed by atoms with E-state index in [-0.39, 0.29) is 5.28 Å². The van der Waals surface area contributed by atoms with Gasteiger partial charge in [0.2, 0.25) is 5.28 Å². The summed E-state index contributed by atoms with van der Waals surface area (Å²) in [6.45, 7) is 8.40. The zero-order valence-corrected chi connectivity index (χ0v) is 16.6. The largest absolute Gasteiger partial charge is 0.252 e. The normalized spacial score (nSPS) is 10.7. The van der Waals surface area contributed by atoms with Gasteiger partial charge in [-0.05, 0) is 59.4 Å². The van der Waals surface area contributed by atoms with E-state index in [2.05, 4.69) is 42.6 Å². The summed E-state index contributed by atoms with van der Waals surface area (Å²) in [7, 11) is 0. The van der Waals surface area contributed by atoms with Gasteiger partial charge in [0.25, 0.3) is 11.9 Å². The second-order valence-electron chi connectivity index (χ2n) is 3.39. The Morgan fingerprint density at radius 2 is 1.05 bits per heavy atom. The summed E-state index contributed by atoms with van der Waals surface area (Å²) in [5, 5.41) is 0.229. The Balaban J connectivity index is 3.05. The molecule has 21 heavy (non-hydrogen) atoms. The minimum absolute atomic E-state index is 0.229. The molecule has 1 rings (SSSR count). The summed E-state index contributed by atoms with van der Waals surface area (Å²) in [5.41, 5.74) is 0. The first-order chi connectivity index (χ1) is 10.2. The predicted octanol–water partition coefficient (Wildman–Crippen LogP) is 4.81. The lowest BCUT2D eigenvalue weighted by atomic mass is 10.9. The van der Waals surface area contributed by atoms with Crippen molar-refractivity contribution in [1.82, 2.24) is 15.0 Å². The lowest BCUT2D eigenvalue weighted by Gasteiger charge is -2.22. The highest BCUT2D eigenvalue weighted by Crippen LogP contribution is 2.32. The number of hydrogen-bond acceptors (Lipinski definition) is 9. The van der Waals surface area contributed by atoms with Crippen LogP contribution in [0.2, 0.25) is 5.28 Å². The van der Waals surface area contributed by atoms with E-state index in [4.69, 9.17) is 11.6 Å². The Morgan fingerprint density at radius 3 is 1.33 bits per heavy atom. The van der Waals surface area contributed by atoms with Crippen molar-refractivity contribution >= 4 is 71.3 Å². The molecule has 0 radical (unpaired) electrons. The van der Waals surface area contributed by atoms with Crippen molar-refractivity contribution < 1.29 is 0 Å². The predicted molar refractivity (Wildman–Crippen MR) is 102 cm³/mol. The lowest BCUT2D eigenvalue weighted by molar-refractivity contribution is 1.05. The van der Waals surface area contributed by atoms with Crippen molar-refractivity contribution in [3.05, 3.63) is 5.28 Å². The maximum atomic E-state index is 6.09. The van der Waals surface area contributed by atoms with Crippen LogP contribution in [0.5, 0.6) is 0 Å². The SMILES string of the molecule is CCSN(SCC)c1nc(Cl)nc(N(SCC)SCC)n1. The lowest BCUT2D eigenvalue weighted by Crippen LogP contribution is -2.15. The van der Waals surface area contributed by atoms with Gasteiger partial charge in [-0.1, -0.05) is 27.7 Å². The third-order valence-corrected chi connectivity index (χ3v) is 5.95. The summed E-state index contributed by atoms with van der Waals surface area (Å²) in [6.07, 6.45) is 0. The molecule has 0 aromatic carbocycles. The van der Waals surface area contributed by atoms with Gasteiger partial charge in [-0.2, -0.15) is 15.0 Å². The Kier molecular flexibility index (Phi) is 10.1. The molecule has 0 atom stereocenters. The first-order valence-electron chi connectivity index (χ1n) is 6.69. The fraction of sp³-hybridized carbons (Fsp3) is 0.727. The highest BCUT2D eigenvalue weighted by atomic mass is 35.5. The maximum absolute atomic E-state index is 6.09. The van der Waals surface area contributed by atoms with E-state index in [1.807, 2.05) is 7.42 Å². The van der Waals surface area contributed by atoms with Gasteiger partial charge in [0.05, 0.1) is 0 Å². The number of rotatable bonds is 10. The van der Waals surface area contributed by atoms with Crippen LogP contribution in [0.1, 0.15) is 27.7 Å². The van der Waals surface area contributed by atoms with Crippen molar-refractivity contribution in [2.75, 3.05) is 30.4 Å². The molecule has 1 aromatic rings. The van der Waals surface area contributed by atoms with Crippen LogP contribution in [0.4, 0.5) is 11.9 Å². The van der Waals surface area contributed by atoms with Gasteiger partial charge in [0, 0.05) is 23.0 Å². The van der Waals surface area contributed by atoms with Gasteiger partial charge in [0.1, 0.15) is 0 Å². The number of nitrogens with zero attached hydrogens (tertiary/aromatic N) is 5. The van der Waals surface area contributed by atoms with E-state index in [1.165, 1.54) is 0 Å². The van der Waals surface area contributed by atoms with Gasteiger partial charge < -0.3 is 0 Å². The van der Waals surface area contributed by atoms with Crippen LogP contribution in [-0.4, -0.2) is 38.0 Å². The highest BCUT2D eigenvalue weighted by molar-refractivity contribution is 8.18. The monoisotopic (exact) mass is 385 g/mol. The number of hydrogen-bond donors (Lipinski definition) is 0.